The Morgan fingerprint density at radius 1 is 1.17 bits per heavy atom. The predicted molar refractivity (Wildman–Crippen MR) is 76.3 cm³/mol. The first-order valence-electron chi connectivity index (χ1n) is 7.12. The van der Waals surface area contributed by atoms with Crippen LogP contribution in [0.1, 0.15) is 52.0 Å². The van der Waals surface area contributed by atoms with Crippen molar-refractivity contribution in [2.45, 2.75) is 65.0 Å². The third kappa shape index (κ3) is 6.15. The van der Waals surface area contributed by atoms with E-state index in [1.54, 1.807) is 12.1 Å². The Balaban J connectivity index is 2.30. The van der Waals surface area contributed by atoms with Crippen LogP contribution in [0.25, 0.3) is 0 Å². The van der Waals surface area contributed by atoms with Gasteiger partial charge in [0.2, 0.25) is 0 Å². The fourth-order valence-electron chi connectivity index (χ4n) is 2.35. The van der Waals surface area contributed by atoms with Gasteiger partial charge in [-0.05, 0) is 44.4 Å². The molecule has 0 bridgehead atoms. The molecule has 0 aliphatic heterocycles. The molecular weight excluding hydrogens is 225 g/mol. The van der Waals surface area contributed by atoms with Crippen molar-refractivity contribution in [1.29, 1.82) is 0 Å². The molecule has 1 nitrogen and oxygen atoms in total. The van der Waals surface area contributed by atoms with Crippen LogP contribution in [-0.4, -0.2) is 12.1 Å². The molecule has 102 valence electrons. The summed E-state index contributed by atoms with van der Waals surface area (Å²) in [6, 6.07) is 7.82. The van der Waals surface area contributed by atoms with Gasteiger partial charge in [0, 0.05) is 12.1 Å². The number of hydrogen-bond donors (Lipinski definition) is 1. The van der Waals surface area contributed by atoms with E-state index in [1.165, 1.54) is 31.7 Å². The van der Waals surface area contributed by atoms with Crippen molar-refractivity contribution in [2.24, 2.45) is 0 Å². The molecule has 2 heteroatoms. The van der Waals surface area contributed by atoms with Gasteiger partial charge in [0.25, 0.3) is 0 Å². The minimum Gasteiger partial charge on any atom is -0.311 e. The Hall–Kier alpha value is -0.890. The molecule has 1 aromatic rings. The molecule has 0 saturated carbocycles. The smallest absolute Gasteiger partial charge is 0.123 e. The zero-order chi connectivity index (χ0) is 13.4. The molecule has 0 aliphatic carbocycles. The van der Waals surface area contributed by atoms with Crippen LogP contribution < -0.4 is 5.32 Å². The molecule has 18 heavy (non-hydrogen) atoms. The highest BCUT2D eigenvalue weighted by Gasteiger charge is 2.08. The molecule has 1 rings (SSSR count). The van der Waals surface area contributed by atoms with Crippen LogP contribution in [0.15, 0.2) is 24.3 Å². The highest BCUT2D eigenvalue weighted by molar-refractivity contribution is 5.17. The first-order chi connectivity index (χ1) is 8.61. The highest BCUT2D eigenvalue weighted by atomic mass is 19.1. The standard InChI is InChI=1S/C16H26FN/c1-4-5-6-8-13(2)18-14(3)11-15-9-7-10-16(17)12-15/h7,9-10,12-14,18H,4-6,8,11H2,1-3H3. The molecule has 0 heterocycles. The fourth-order valence-corrected chi connectivity index (χ4v) is 2.35. The van der Waals surface area contributed by atoms with Crippen molar-refractivity contribution in [3.8, 4) is 0 Å². The number of halogens is 1. The summed E-state index contributed by atoms with van der Waals surface area (Å²) in [4.78, 5) is 0. The zero-order valence-electron chi connectivity index (χ0n) is 11.9. The average Bonchev–Trinajstić information content (AvgIpc) is 2.29. The van der Waals surface area contributed by atoms with E-state index >= 15 is 0 Å². The maximum absolute atomic E-state index is 13.1. The number of unbranched alkanes of at least 4 members (excludes halogenated alkanes) is 2. The van der Waals surface area contributed by atoms with E-state index in [2.05, 4.69) is 26.1 Å². The van der Waals surface area contributed by atoms with Gasteiger partial charge in [-0.3, -0.25) is 0 Å². The number of benzene rings is 1. The van der Waals surface area contributed by atoms with Gasteiger partial charge in [-0.2, -0.15) is 0 Å². The second kappa shape index (κ2) is 8.25. The molecule has 0 fully saturated rings. The van der Waals surface area contributed by atoms with Gasteiger partial charge in [-0.1, -0.05) is 38.3 Å². The van der Waals surface area contributed by atoms with Crippen molar-refractivity contribution in [2.75, 3.05) is 0 Å². The van der Waals surface area contributed by atoms with E-state index in [0.717, 1.165) is 12.0 Å². The van der Waals surface area contributed by atoms with E-state index in [0.29, 0.717) is 12.1 Å². The third-order valence-corrected chi connectivity index (χ3v) is 3.24. The van der Waals surface area contributed by atoms with Gasteiger partial charge in [-0.25, -0.2) is 4.39 Å². The fraction of sp³-hybridized carbons (Fsp3) is 0.625. The lowest BCUT2D eigenvalue weighted by Gasteiger charge is -2.20. The van der Waals surface area contributed by atoms with E-state index in [1.807, 2.05) is 6.07 Å². The van der Waals surface area contributed by atoms with Gasteiger partial charge in [0.05, 0.1) is 0 Å². The van der Waals surface area contributed by atoms with Crippen LogP contribution in [-0.2, 0) is 6.42 Å². The minimum atomic E-state index is -0.143. The predicted octanol–water partition coefficient (Wildman–Crippen LogP) is 4.32. The molecule has 0 aromatic heterocycles. The summed E-state index contributed by atoms with van der Waals surface area (Å²) in [5.74, 6) is -0.143. The summed E-state index contributed by atoms with van der Waals surface area (Å²) >= 11 is 0. The first-order valence-corrected chi connectivity index (χ1v) is 7.12. The number of rotatable bonds is 8. The summed E-state index contributed by atoms with van der Waals surface area (Å²) in [5.41, 5.74) is 1.07. The van der Waals surface area contributed by atoms with Crippen molar-refractivity contribution < 1.29 is 4.39 Å². The van der Waals surface area contributed by atoms with Gasteiger partial charge in [0.15, 0.2) is 0 Å². The molecule has 2 unspecified atom stereocenters. The molecule has 0 saturated heterocycles. The monoisotopic (exact) mass is 251 g/mol. The van der Waals surface area contributed by atoms with E-state index in [9.17, 15) is 4.39 Å². The second-order valence-electron chi connectivity index (χ2n) is 5.30. The van der Waals surface area contributed by atoms with Crippen LogP contribution in [0.3, 0.4) is 0 Å². The molecule has 0 amide bonds. The molecule has 1 aromatic carbocycles. The molecule has 1 N–H and O–H groups in total. The SMILES string of the molecule is CCCCCC(C)NC(C)Cc1cccc(F)c1. The average molecular weight is 251 g/mol. The Labute approximate surface area is 111 Å². The Kier molecular flexibility index (Phi) is 6.96. The largest absolute Gasteiger partial charge is 0.311 e. The van der Waals surface area contributed by atoms with Crippen molar-refractivity contribution in [3.63, 3.8) is 0 Å². The maximum atomic E-state index is 13.1. The zero-order valence-corrected chi connectivity index (χ0v) is 11.9. The number of hydrogen-bond acceptors (Lipinski definition) is 1. The molecule has 0 spiro atoms. The summed E-state index contributed by atoms with van der Waals surface area (Å²) in [5, 5.41) is 3.58. The first kappa shape index (κ1) is 15.2. The van der Waals surface area contributed by atoms with E-state index < -0.39 is 0 Å². The topological polar surface area (TPSA) is 12.0 Å². The van der Waals surface area contributed by atoms with Gasteiger partial charge >= 0.3 is 0 Å². The van der Waals surface area contributed by atoms with Gasteiger partial charge in [-0.15, -0.1) is 0 Å². The number of nitrogens with one attached hydrogen (secondary N) is 1. The Bertz CT molecular complexity index is 338. The summed E-state index contributed by atoms with van der Waals surface area (Å²) in [6.45, 7) is 6.63. The van der Waals surface area contributed by atoms with Crippen LogP contribution in [0, 0.1) is 5.82 Å². The Morgan fingerprint density at radius 3 is 2.61 bits per heavy atom. The van der Waals surface area contributed by atoms with Crippen LogP contribution >= 0.6 is 0 Å². The van der Waals surface area contributed by atoms with Crippen molar-refractivity contribution in [3.05, 3.63) is 35.6 Å². The quantitative estimate of drug-likeness (QED) is 0.679. The normalized spacial score (nSPS) is 14.4. The lowest BCUT2D eigenvalue weighted by atomic mass is 10.0. The van der Waals surface area contributed by atoms with Crippen LogP contribution in [0.4, 0.5) is 4.39 Å². The molecule has 0 aliphatic rings. The lowest BCUT2D eigenvalue weighted by Crippen LogP contribution is -2.35. The Morgan fingerprint density at radius 2 is 1.94 bits per heavy atom. The molecular formula is C16H26FN. The maximum Gasteiger partial charge on any atom is 0.123 e. The van der Waals surface area contributed by atoms with E-state index in [4.69, 9.17) is 0 Å². The molecule has 0 radical (unpaired) electrons. The highest BCUT2D eigenvalue weighted by Crippen LogP contribution is 2.08. The third-order valence-electron chi connectivity index (χ3n) is 3.24. The summed E-state index contributed by atoms with van der Waals surface area (Å²) in [6.07, 6.45) is 5.98. The van der Waals surface area contributed by atoms with Gasteiger partial charge < -0.3 is 5.32 Å². The second-order valence-corrected chi connectivity index (χ2v) is 5.30. The summed E-state index contributed by atoms with van der Waals surface area (Å²) < 4.78 is 13.1. The van der Waals surface area contributed by atoms with Crippen LogP contribution in [0.5, 0.6) is 0 Å². The van der Waals surface area contributed by atoms with Crippen molar-refractivity contribution >= 4 is 0 Å². The van der Waals surface area contributed by atoms with Gasteiger partial charge in [0.1, 0.15) is 5.82 Å². The van der Waals surface area contributed by atoms with Crippen LogP contribution in [0.2, 0.25) is 0 Å². The molecule has 2 atom stereocenters. The minimum absolute atomic E-state index is 0.143. The summed E-state index contributed by atoms with van der Waals surface area (Å²) in [7, 11) is 0. The lowest BCUT2D eigenvalue weighted by molar-refractivity contribution is 0.430. The van der Waals surface area contributed by atoms with E-state index in [-0.39, 0.29) is 5.82 Å². The van der Waals surface area contributed by atoms with Crippen molar-refractivity contribution in [1.82, 2.24) is 5.32 Å².